The van der Waals surface area contributed by atoms with Crippen LogP contribution in [0.15, 0.2) is 30.6 Å². The van der Waals surface area contributed by atoms with Crippen molar-refractivity contribution in [3.05, 3.63) is 47.5 Å². The minimum Gasteiger partial charge on any atom is -0.379 e. The first kappa shape index (κ1) is 13.1. The number of rotatable bonds is 5. The molecule has 0 unspecified atom stereocenters. The van der Waals surface area contributed by atoms with Crippen LogP contribution in [0.4, 0.5) is 5.69 Å². The molecule has 0 atom stereocenters. The number of aromatic amines is 1. The van der Waals surface area contributed by atoms with E-state index in [1.54, 1.807) is 12.4 Å². The first-order chi connectivity index (χ1) is 9.20. The number of aryl methyl sites for hydroxylation is 1. The van der Waals surface area contributed by atoms with Crippen molar-refractivity contribution in [1.29, 1.82) is 0 Å². The predicted molar refractivity (Wildman–Crippen MR) is 75.1 cm³/mol. The predicted octanol–water partition coefficient (Wildman–Crippen LogP) is 2.08. The lowest BCUT2D eigenvalue weighted by Gasteiger charge is -2.07. The van der Waals surface area contributed by atoms with Crippen LogP contribution in [0, 0.1) is 6.92 Å². The van der Waals surface area contributed by atoms with Crippen LogP contribution in [0.3, 0.4) is 0 Å². The van der Waals surface area contributed by atoms with Gasteiger partial charge in [-0.25, -0.2) is 4.98 Å². The third-order valence-corrected chi connectivity index (χ3v) is 2.86. The monoisotopic (exact) mass is 258 g/mol. The number of hydrogen-bond donors (Lipinski definition) is 3. The average Bonchev–Trinajstić information content (AvgIpc) is 2.82. The van der Waals surface area contributed by atoms with Crippen LogP contribution >= 0.6 is 0 Å². The van der Waals surface area contributed by atoms with Gasteiger partial charge in [0.1, 0.15) is 0 Å². The molecule has 1 aromatic carbocycles. The third kappa shape index (κ3) is 3.34. The Kier molecular flexibility index (Phi) is 4.18. The van der Waals surface area contributed by atoms with E-state index in [9.17, 15) is 4.79 Å². The molecule has 2 rings (SSSR count). The van der Waals surface area contributed by atoms with Gasteiger partial charge < -0.3 is 15.6 Å². The minimum absolute atomic E-state index is 0.0536. The van der Waals surface area contributed by atoms with Crippen LogP contribution in [0.25, 0.3) is 0 Å². The van der Waals surface area contributed by atoms with E-state index in [0.717, 1.165) is 17.1 Å². The second kappa shape index (κ2) is 6.04. The van der Waals surface area contributed by atoms with Gasteiger partial charge in [0.2, 0.25) is 0 Å². The molecule has 1 amide bonds. The molecule has 1 heterocycles. The van der Waals surface area contributed by atoms with Crippen LogP contribution in [0.1, 0.15) is 28.7 Å². The number of carbonyl (C=O) groups excluding carboxylic acids is 1. The van der Waals surface area contributed by atoms with Crippen molar-refractivity contribution >= 4 is 11.6 Å². The van der Waals surface area contributed by atoms with Gasteiger partial charge in [-0.1, -0.05) is 6.07 Å². The average molecular weight is 258 g/mol. The highest BCUT2D eigenvalue weighted by Crippen LogP contribution is 2.12. The van der Waals surface area contributed by atoms with Gasteiger partial charge in [-0.3, -0.25) is 4.79 Å². The molecule has 3 N–H and O–H groups in total. The molecule has 5 heteroatoms. The topological polar surface area (TPSA) is 69.8 Å². The van der Waals surface area contributed by atoms with Crippen molar-refractivity contribution in [2.75, 3.05) is 11.9 Å². The number of imidazole rings is 1. The summed E-state index contributed by atoms with van der Waals surface area (Å²) in [6.45, 7) is 5.15. The molecule has 0 bridgehead atoms. The van der Waals surface area contributed by atoms with Gasteiger partial charge in [0.25, 0.3) is 5.91 Å². The number of benzene rings is 1. The first-order valence-electron chi connectivity index (χ1n) is 6.31. The highest BCUT2D eigenvalue weighted by atomic mass is 16.1. The Balaban J connectivity index is 2.03. The van der Waals surface area contributed by atoms with Crippen LogP contribution in [-0.4, -0.2) is 22.4 Å². The number of aromatic nitrogens is 2. The Bertz CT molecular complexity index is 562. The third-order valence-electron chi connectivity index (χ3n) is 2.86. The Hall–Kier alpha value is -2.30. The summed E-state index contributed by atoms with van der Waals surface area (Å²) in [5, 5.41) is 6.05. The van der Waals surface area contributed by atoms with Crippen LogP contribution in [0.5, 0.6) is 0 Å². The Morgan fingerprint density at radius 1 is 1.42 bits per heavy atom. The standard InChI is InChI=1S/C14H18N4O/c1-3-15-14(19)11-5-4-6-12(7-11)16-8-13-10(2)17-9-18-13/h4-7,9,16H,3,8H2,1-2H3,(H,15,19)(H,17,18). The number of anilines is 1. The fraction of sp³-hybridized carbons (Fsp3) is 0.286. The minimum atomic E-state index is -0.0536. The molecule has 100 valence electrons. The van der Waals surface area contributed by atoms with Crippen molar-refractivity contribution < 1.29 is 4.79 Å². The van der Waals surface area contributed by atoms with Crippen LogP contribution < -0.4 is 10.6 Å². The maximum Gasteiger partial charge on any atom is 0.251 e. The molecule has 0 radical (unpaired) electrons. The van der Waals surface area contributed by atoms with E-state index in [2.05, 4.69) is 20.6 Å². The normalized spacial score (nSPS) is 10.2. The van der Waals surface area contributed by atoms with Crippen LogP contribution in [-0.2, 0) is 6.54 Å². The van der Waals surface area contributed by atoms with E-state index in [4.69, 9.17) is 0 Å². The van der Waals surface area contributed by atoms with E-state index in [0.29, 0.717) is 18.7 Å². The fourth-order valence-electron chi connectivity index (χ4n) is 1.78. The second-order valence-electron chi connectivity index (χ2n) is 4.27. The zero-order valence-electron chi connectivity index (χ0n) is 11.2. The van der Waals surface area contributed by atoms with E-state index in [1.807, 2.05) is 32.0 Å². The van der Waals surface area contributed by atoms with Gasteiger partial charge in [0, 0.05) is 23.5 Å². The summed E-state index contributed by atoms with van der Waals surface area (Å²) in [7, 11) is 0. The molecular formula is C14H18N4O. The summed E-state index contributed by atoms with van der Waals surface area (Å²) in [4.78, 5) is 19.0. The van der Waals surface area contributed by atoms with Gasteiger partial charge in [0.05, 0.1) is 18.6 Å². The fourth-order valence-corrected chi connectivity index (χ4v) is 1.78. The van der Waals surface area contributed by atoms with Crippen molar-refractivity contribution in [3.63, 3.8) is 0 Å². The zero-order chi connectivity index (χ0) is 13.7. The van der Waals surface area contributed by atoms with E-state index in [1.165, 1.54) is 0 Å². The molecule has 19 heavy (non-hydrogen) atoms. The molecule has 5 nitrogen and oxygen atoms in total. The number of H-pyrrole nitrogens is 1. The van der Waals surface area contributed by atoms with Crippen molar-refractivity contribution in [2.24, 2.45) is 0 Å². The quantitative estimate of drug-likeness (QED) is 0.769. The number of hydrogen-bond acceptors (Lipinski definition) is 3. The Morgan fingerprint density at radius 2 is 2.26 bits per heavy atom. The maximum absolute atomic E-state index is 11.7. The Labute approximate surface area is 112 Å². The molecule has 0 aliphatic rings. The molecule has 0 spiro atoms. The van der Waals surface area contributed by atoms with Gasteiger partial charge in [-0.05, 0) is 32.0 Å². The summed E-state index contributed by atoms with van der Waals surface area (Å²) < 4.78 is 0. The number of carbonyl (C=O) groups is 1. The molecule has 1 aromatic heterocycles. The molecule has 0 aliphatic carbocycles. The summed E-state index contributed by atoms with van der Waals surface area (Å²) in [6, 6.07) is 7.44. The van der Waals surface area contributed by atoms with Crippen LogP contribution in [0.2, 0.25) is 0 Å². The molecule has 0 saturated heterocycles. The largest absolute Gasteiger partial charge is 0.379 e. The Morgan fingerprint density at radius 3 is 2.95 bits per heavy atom. The highest BCUT2D eigenvalue weighted by Gasteiger charge is 2.05. The number of nitrogens with one attached hydrogen (secondary N) is 3. The lowest BCUT2D eigenvalue weighted by atomic mass is 10.2. The van der Waals surface area contributed by atoms with Gasteiger partial charge in [-0.2, -0.15) is 0 Å². The van der Waals surface area contributed by atoms with E-state index >= 15 is 0 Å². The molecule has 2 aromatic rings. The van der Waals surface area contributed by atoms with Gasteiger partial charge >= 0.3 is 0 Å². The molecule has 0 fully saturated rings. The van der Waals surface area contributed by atoms with Gasteiger partial charge in [-0.15, -0.1) is 0 Å². The van der Waals surface area contributed by atoms with E-state index in [-0.39, 0.29) is 5.91 Å². The first-order valence-corrected chi connectivity index (χ1v) is 6.31. The summed E-state index contributed by atoms with van der Waals surface area (Å²) in [6.07, 6.45) is 1.68. The zero-order valence-corrected chi connectivity index (χ0v) is 11.2. The van der Waals surface area contributed by atoms with Crippen molar-refractivity contribution in [1.82, 2.24) is 15.3 Å². The lowest BCUT2D eigenvalue weighted by Crippen LogP contribution is -2.22. The molecule has 0 aliphatic heterocycles. The van der Waals surface area contributed by atoms with Crippen molar-refractivity contribution in [3.8, 4) is 0 Å². The SMILES string of the molecule is CCNC(=O)c1cccc(NCc2nc[nH]c2C)c1. The molecule has 0 saturated carbocycles. The molecular weight excluding hydrogens is 240 g/mol. The second-order valence-corrected chi connectivity index (χ2v) is 4.27. The number of nitrogens with zero attached hydrogens (tertiary/aromatic N) is 1. The van der Waals surface area contributed by atoms with E-state index < -0.39 is 0 Å². The highest BCUT2D eigenvalue weighted by molar-refractivity contribution is 5.95. The summed E-state index contributed by atoms with van der Waals surface area (Å²) in [5.74, 6) is -0.0536. The van der Waals surface area contributed by atoms with Crippen molar-refractivity contribution in [2.45, 2.75) is 20.4 Å². The summed E-state index contributed by atoms with van der Waals surface area (Å²) >= 11 is 0. The smallest absolute Gasteiger partial charge is 0.251 e. The number of amides is 1. The maximum atomic E-state index is 11.7. The summed E-state index contributed by atoms with van der Waals surface area (Å²) in [5.41, 5.74) is 3.59. The lowest BCUT2D eigenvalue weighted by molar-refractivity contribution is 0.0956. The van der Waals surface area contributed by atoms with Gasteiger partial charge in [0.15, 0.2) is 0 Å².